The monoisotopic (exact) mass is 491 g/mol. The molecule has 0 amide bonds. The molecule has 8 nitrogen and oxygen atoms in total. The maximum Gasteiger partial charge on any atom is 0.406 e. The lowest BCUT2D eigenvalue weighted by Gasteiger charge is -2.19. The van der Waals surface area contributed by atoms with Gasteiger partial charge in [0, 0.05) is 18.0 Å². The lowest BCUT2D eigenvalue weighted by Crippen LogP contribution is -2.44. The Morgan fingerprint density at radius 2 is 1.94 bits per heavy atom. The van der Waals surface area contributed by atoms with Crippen LogP contribution in [0.1, 0.15) is 44.1 Å². The van der Waals surface area contributed by atoms with Gasteiger partial charge in [0.15, 0.2) is 0 Å². The zero-order valence-electron chi connectivity index (χ0n) is 19.0. The molecule has 2 aromatic heterocycles. The number of ether oxygens (including phenoxy) is 2. The molecule has 0 bridgehead atoms. The molecule has 3 heterocycles. The van der Waals surface area contributed by atoms with E-state index in [0.29, 0.717) is 28.3 Å². The SMILES string of the molecule is Cc1c(CNCC(=O)OC(C)(C)C)sc2c1c(=O)n(CC(F)(F)F)c(=O)n2CC1CCCO1. The standard InChI is InChI=1S/C21H28F3N3O5S/c1-12-14(8-25-9-15(28)32-20(2,3)4)33-18-16(12)17(29)27(11-21(22,23)24)19(30)26(18)10-13-6-5-7-31-13/h13,25H,5-11H2,1-4H3. The molecule has 1 atom stereocenters. The summed E-state index contributed by atoms with van der Waals surface area (Å²) in [5.74, 6) is -0.455. The van der Waals surface area contributed by atoms with E-state index in [2.05, 4.69) is 5.32 Å². The van der Waals surface area contributed by atoms with Gasteiger partial charge < -0.3 is 14.8 Å². The van der Waals surface area contributed by atoms with Crippen molar-refractivity contribution in [1.29, 1.82) is 0 Å². The second-order valence-corrected chi connectivity index (χ2v) is 10.1. The first-order valence-corrected chi connectivity index (χ1v) is 11.4. The average Bonchev–Trinajstić information content (AvgIpc) is 3.28. The summed E-state index contributed by atoms with van der Waals surface area (Å²) >= 11 is 1.15. The van der Waals surface area contributed by atoms with Gasteiger partial charge in [-0.2, -0.15) is 13.2 Å². The molecule has 1 aliphatic rings. The Balaban J connectivity index is 1.98. The molecule has 1 aliphatic heterocycles. The third-order valence-electron chi connectivity index (χ3n) is 5.12. The lowest BCUT2D eigenvalue weighted by atomic mass is 10.2. The van der Waals surface area contributed by atoms with E-state index < -0.39 is 35.5 Å². The quantitative estimate of drug-likeness (QED) is 0.599. The number of nitrogens with one attached hydrogen (secondary N) is 1. The van der Waals surface area contributed by atoms with E-state index in [1.807, 2.05) is 0 Å². The molecule has 0 aliphatic carbocycles. The molecule has 1 saturated heterocycles. The smallest absolute Gasteiger partial charge is 0.406 e. The number of nitrogens with zero attached hydrogens (tertiary/aromatic N) is 2. The molecule has 0 aromatic carbocycles. The van der Waals surface area contributed by atoms with E-state index in [1.165, 1.54) is 4.57 Å². The highest BCUT2D eigenvalue weighted by molar-refractivity contribution is 7.18. The first kappa shape index (κ1) is 25.4. The van der Waals surface area contributed by atoms with E-state index in [-0.39, 0.29) is 35.7 Å². The number of hydrogen-bond acceptors (Lipinski definition) is 7. The van der Waals surface area contributed by atoms with Crippen molar-refractivity contribution in [3.8, 4) is 0 Å². The van der Waals surface area contributed by atoms with Gasteiger partial charge in [0.25, 0.3) is 5.56 Å². The van der Waals surface area contributed by atoms with Crippen molar-refractivity contribution in [3.63, 3.8) is 0 Å². The van der Waals surface area contributed by atoms with Gasteiger partial charge in [-0.3, -0.25) is 18.7 Å². The minimum Gasteiger partial charge on any atom is -0.459 e. The number of halogens is 3. The van der Waals surface area contributed by atoms with Crippen LogP contribution in [0.4, 0.5) is 13.2 Å². The predicted octanol–water partition coefficient (Wildman–Crippen LogP) is 2.71. The summed E-state index contributed by atoms with van der Waals surface area (Å²) in [6, 6.07) is 0. The molecule has 2 aromatic rings. The minimum absolute atomic E-state index is 0.0677. The fourth-order valence-corrected chi connectivity index (χ4v) is 5.00. The number of hydrogen-bond donors (Lipinski definition) is 1. The van der Waals surface area contributed by atoms with Crippen LogP contribution in [0.5, 0.6) is 0 Å². The Bertz CT molecular complexity index is 1140. The first-order valence-electron chi connectivity index (χ1n) is 10.6. The number of carbonyl (C=O) groups is 1. The molecule has 12 heteroatoms. The second-order valence-electron chi connectivity index (χ2n) is 9.06. The van der Waals surface area contributed by atoms with Crippen molar-refractivity contribution in [1.82, 2.24) is 14.5 Å². The molecule has 184 valence electrons. The van der Waals surface area contributed by atoms with Crippen LogP contribution in [0.15, 0.2) is 9.59 Å². The molecular weight excluding hydrogens is 463 g/mol. The van der Waals surface area contributed by atoms with Crippen molar-refractivity contribution in [2.45, 2.75) is 78.1 Å². The van der Waals surface area contributed by atoms with Crippen molar-refractivity contribution in [3.05, 3.63) is 31.3 Å². The van der Waals surface area contributed by atoms with Gasteiger partial charge >= 0.3 is 17.8 Å². The van der Waals surface area contributed by atoms with Gasteiger partial charge in [0.1, 0.15) is 17.0 Å². The average molecular weight is 492 g/mol. The summed E-state index contributed by atoms with van der Waals surface area (Å²) in [7, 11) is 0. The number of alkyl halides is 3. The van der Waals surface area contributed by atoms with Gasteiger partial charge in [-0.15, -0.1) is 11.3 Å². The summed E-state index contributed by atoms with van der Waals surface area (Å²) in [5, 5.41) is 3.02. The number of thiophene rings is 1. The van der Waals surface area contributed by atoms with E-state index in [4.69, 9.17) is 9.47 Å². The highest BCUT2D eigenvalue weighted by atomic mass is 32.1. The molecule has 3 rings (SSSR count). The summed E-state index contributed by atoms with van der Waals surface area (Å²) in [6.45, 7) is 5.92. The molecule has 0 saturated carbocycles. The molecule has 1 N–H and O–H groups in total. The number of aromatic nitrogens is 2. The third-order valence-corrected chi connectivity index (χ3v) is 6.43. The molecule has 1 unspecified atom stereocenters. The summed E-state index contributed by atoms with van der Waals surface area (Å²) in [4.78, 5) is 38.7. The van der Waals surface area contributed by atoms with Crippen LogP contribution in [-0.4, -0.2) is 46.1 Å². The zero-order valence-corrected chi connectivity index (χ0v) is 19.8. The van der Waals surface area contributed by atoms with Crippen molar-refractivity contribution in [2.75, 3.05) is 13.2 Å². The van der Waals surface area contributed by atoms with Crippen LogP contribution in [0.2, 0.25) is 0 Å². The lowest BCUT2D eigenvalue weighted by molar-refractivity contribution is -0.153. The normalized spacial score (nSPS) is 17.1. The number of rotatable bonds is 7. The Morgan fingerprint density at radius 3 is 2.52 bits per heavy atom. The zero-order chi connectivity index (χ0) is 24.6. The van der Waals surface area contributed by atoms with Crippen LogP contribution in [-0.2, 0) is 33.9 Å². The van der Waals surface area contributed by atoms with Crippen LogP contribution >= 0.6 is 11.3 Å². The number of carbonyl (C=O) groups excluding carboxylic acids is 1. The second kappa shape index (κ2) is 9.59. The van der Waals surface area contributed by atoms with Crippen molar-refractivity contribution in [2.24, 2.45) is 0 Å². The van der Waals surface area contributed by atoms with E-state index in [0.717, 1.165) is 17.8 Å². The predicted molar refractivity (Wildman–Crippen MR) is 118 cm³/mol. The summed E-state index contributed by atoms with van der Waals surface area (Å²) in [5.41, 5.74) is -2.12. The number of aryl methyl sites for hydroxylation is 1. The largest absolute Gasteiger partial charge is 0.459 e. The van der Waals surface area contributed by atoms with Crippen molar-refractivity contribution < 1.29 is 27.4 Å². The third kappa shape index (κ3) is 6.24. The molecular formula is C21H28F3N3O5S. The van der Waals surface area contributed by atoms with Gasteiger partial charge in [-0.1, -0.05) is 0 Å². The van der Waals surface area contributed by atoms with E-state index in [1.54, 1.807) is 27.7 Å². The number of esters is 1. The summed E-state index contributed by atoms with van der Waals surface area (Å²) < 4.78 is 51.6. The van der Waals surface area contributed by atoms with Gasteiger partial charge in [-0.25, -0.2) is 4.79 Å². The first-order chi connectivity index (χ1) is 15.3. The van der Waals surface area contributed by atoms with Crippen molar-refractivity contribution >= 4 is 27.5 Å². The Labute approximate surface area is 192 Å². The Hall–Kier alpha value is -2.18. The van der Waals surface area contributed by atoms with Gasteiger partial charge in [-0.05, 0) is 46.1 Å². The maximum atomic E-state index is 13.1. The van der Waals surface area contributed by atoms with Crippen LogP contribution in [0, 0.1) is 6.92 Å². The maximum absolute atomic E-state index is 13.1. The molecule has 33 heavy (non-hydrogen) atoms. The van der Waals surface area contributed by atoms with Crippen LogP contribution in [0.25, 0.3) is 10.2 Å². The van der Waals surface area contributed by atoms with Gasteiger partial charge in [0.05, 0.1) is 24.6 Å². The summed E-state index contributed by atoms with van der Waals surface area (Å²) in [6.07, 6.45) is -3.55. The number of fused-ring (bicyclic) bond motifs is 1. The highest BCUT2D eigenvalue weighted by Crippen LogP contribution is 2.29. The van der Waals surface area contributed by atoms with Crippen LogP contribution in [0.3, 0.4) is 0 Å². The van der Waals surface area contributed by atoms with E-state index in [9.17, 15) is 27.6 Å². The minimum atomic E-state index is -4.72. The van der Waals surface area contributed by atoms with E-state index >= 15 is 0 Å². The van der Waals surface area contributed by atoms with Gasteiger partial charge in [0.2, 0.25) is 0 Å². The molecule has 1 fully saturated rings. The Morgan fingerprint density at radius 1 is 1.24 bits per heavy atom. The fraction of sp³-hybridized carbons (Fsp3) is 0.667. The molecule has 0 radical (unpaired) electrons. The molecule has 0 spiro atoms. The highest BCUT2D eigenvalue weighted by Gasteiger charge is 2.32. The fourth-order valence-electron chi connectivity index (χ4n) is 3.74. The van der Waals surface area contributed by atoms with Crippen LogP contribution < -0.4 is 16.6 Å². The topological polar surface area (TPSA) is 91.6 Å². The Kier molecular flexibility index (Phi) is 7.39.